The van der Waals surface area contributed by atoms with E-state index in [2.05, 4.69) is 41.3 Å². The lowest BCUT2D eigenvalue weighted by atomic mass is 9.99. The van der Waals surface area contributed by atoms with E-state index in [1.54, 1.807) is 0 Å². The van der Waals surface area contributed by atoms with Crippen molar-refractivity contribution in [3.63, 3.8) is 0 Å². The Morgan fingerprint density at radius 2 is 1.66 bits per heavy atom. The van der Waals surface area contributed by atoms with Crippen LogP contribution in [-0.4, -0.2) is 76.7 Å². The van der Waals surface area contributed by atoms with Crippen molar-refractivity contribution in [2.75, 3.05) is 25.0 Å². The summed E-state index contributed by atoms with van der Waals surface area (Å²) in [5.41, 5.74) is -2.70. The molecule has 1 saturated heterocycles. The highest BCUT2D eigenvalue weighted by Crippen LogP contribution is 2.53. The third-order valence-corrected chi connectivity index (χ3v) is 6.50. The highest BCUT2D eigenvalue weighted by Gasteiger charge is 2.33. The molecule has 0 atom stereocenters. The summed E-state index contributed by atoms with van der Waals surface area (Å²) in [5.74, 6) is -9.22. The Morgan fingerprint density at radius 1 is 1.00 bits per heavy atom. The van der Waals surface area contributed by atoms with Crippen LogP contribution in [0.15, 0.2) is 9.27 Å². The van der Waals surface area contributed by atoms with Gasteiger partial charge in [0, 0.05) is 0 Å². The lowest BCUT2D eigenvalue weighted by Crippen LogP contribution is -2.35. The molecule has 1 aliphatic heterocycles. The normalized spacial score (nSPS) is 14.6. The van der Waals surface area contributed by atoms with E-state index in [0.29, 0.717) is 25.9 Å². The Labute approximate surface area is 219 Å². The number of phenolic OH excluding ortho intramolecular Hbond substituents is 5. The predicted molar refractivity (Wildman–Crippen MR) is 129 cm³/mol. The molecule has 2 aromatic carbocycles. The predicted octanol–water partition coefficient (Wildman–Crippen LogP) is 0.442. The number of aromatic nitrogens is 2. The summed E-state index contributed by atoms with van der Waals surface area (Å²) in [5, 5.41) is 84.8. The third-order valence-electron chi connectivity index (χ3n) is 5.75. The van der Waals surface area contributed by atoms with Gasteiger partial charge in [-0.1, -0.05) is 0 Å². The molecule has 11 N–H and O–H groups in total. The number of hydrogen-bond donors (Lipinski definition) is 11. The molecule has 38 heavy (non-hydrogen) atoms. The summed E-state index contributed by atoms with van der Waals surface area (Å²) in [4.78, 5) is 17.9. The summed E-state index contributed by atoms with van der Waals surface area (Å²) in [6, 6.07) is 0. The zero-order chi connectivity index (χ0) is 27.9. The molecule has 0 aliphatic carbocycles. The molecular weight excluding hydrogens is 583 g/mol. The van der Waals surface area contributed by atoms with E-state index in [1.165, 1.54) is 0 Å². The number of fused-ring (bicyclic) bond motifs is 1. The number of halogens is 2. The molecule has 206 valence electrons. The highest BCUT2D eigenvalue weighted by atomic mass is 79.9. The first kappa shape index (κ1) is 27.3. The van der Waals surface area contributed by atoms with Crippen LogP contribution >= 0.6 is 15.9 Å². The minimum absolute atomic E-state index is 0.0131. The molecule has 4 rings (SSSR count). The Bertz CT molecular complexity index is 1430. The number of phenols is 5. The number of piperidine rings is 1. The van der Waals surface area contributed by atoms with Crippen molar-refractivity contribution < 1.29 is 54.7 Å². The largest absolute Gasteiger partial charge is 0.504 e. The molecule has 1 aliphatic rings. The van der Waals surface area contributed by atoms with Gasteiger partial charge in [0.15, 0.2) is 34.6 Å². The molecule has 0 spiro atoms. The number of ether oxygens (including phenoxy) is 2. The first-order chi connectivity index (χ1) is 17.8. The minimum Gasteiger partial charge on any atom is -0.504 e. The van der Waals surface area contributed by atoms with Gasteiger partial charge in [0.2, 0.25) is 11.5 Å². The van der Waals surface area contributed by atoms with Crippen molar-refractivity contribution >= 4 is 38.3 Å². The molecule has 0 radical (unpaired) electrons. The zero-order valence-electron chi connectivity index (χ0n) is 19.1. The van der Waals surface area contributed by atoms with Crippen molar-refractivity contribution in [3.05, 3.63) is 20.8 Å². The van der Waals surface area contributed by atoms with Gasteiger partial charge in [-0.05, 0) is 47.8 Å². The number of aromatic hydroxyl groups is 5. The lowest BCUT2D eigenvalue weighted by Gasteiger charge is -2.25. The minimum atomic E-state index is -3.87. The maximum Gasteiger partial charge on any atom is 0.453 e. The highest BCUT2D eigenvalue weighted by molar-refractivity contribution is 9.10. The average molecular weight is 605 g/mol. The Morgan fingerprint density at radius 3 is 2.29 bits per heavy atom. The smallest absolute Gasteiger partial charge is 0.453 e. The van der Waals surface area contributed by atoms with Crippen LogP contribution in [0, 0.1) is 11.7 Å². The van der Waals surface area contributed by atoms with Gasteiger partial charge in [-0.15, -0.1) is 0 Å². The van der Waals surface area contributed by atoms with Crippen LogP contribution in [0.25, 0.3) is 10.9 Å². The van der Waals surface area contributed by atoms with E-state index >= 15 is 0 Å². The van der Waals surface area contributed by atoms with E-state index in [9.17, 15) is 50.0 Å². The quantitative estimate of drug-likeness (QED) is 0.0994. The molecule has 0 bridgehead atoms. The summed E-state index contributed by atoms with van der Waals surface area (Å²) in [7, 11) is 0. The van der Waals surface area contributed by atoms with E-state index < -0.39 is 84.8 Å². The topological polar surface area (TPSA) is 250 Å². The monoisotopic (exact) mass is 604 g/mol. The first-order valence-corrected chi connectivity index (χ1v) is 11.7. The number of benzene rings is 2. The Kier molecular flexibility index (Phi) is 7.31. The number of anilines is 2. The second-order valence-electron chi connectivity index (χ2n) is 8.35. The van der Waals surface area contributed by atoms with Crippen molar-refractivity contribution in [3.8, 4) is 40.2 Å². The van der Waals surface area contributed by atoms with E-state index in [0.717, 1.165) is 0 Å². The van der Waals surface area contributed by atoms with Gasteiger partial charge >= 0.3 is 11.8 Å². The van der Waals surface area contributed by atoms with Crippen LogP contribution in [0.1, 0.15) is 12.8 Å². The van der Waals surface area contributed by atoms with Crippen LogP contribution in [0.2, 0.25) is 0 Å². The van der Waals surface area contributed by atoms with E-state index in [-0.39, 0.29) is 12.5 Å². The SMILES string of the molecule is O=c1nc(Nc2c(O)c(O)c(Br)c(O)c2F)c2c(O)c(OC(O)(O)O)c(OCC3CCNCC3)c(O)c2[nH]1. The molecule has 0 unspecified atom stereocenters. The number of nitrogens with zero attached hydrogens (tertiary/aromatic N) is 1. The fraction of sp³-hybridized carbons (Fsp3) is 0.333. The van der Waals surface area contributed by atoms with Crippen LogP contribution in [0.3, 0.4) is 0 Å². The number of rotatable bonds is 7. The first-order valence-electron chi connectivity index (χ1n) is 10.9. The number of aromatic amines is 1. The maximum absolute atomic E-state index is 14.7. The second kappa shape index (κ2) is 10.2. The van der Waals surface area contributed by atoms with E-state index in [1.807, 2.05) is 0 Å². The van der Waals surface area contributed by atoms with Crippen LogP contribution in [0.4, 0.5) is 15.9 Å². The Balaban J connectivity index is 1.91. The molecule has 1 aromatic heterocycles. The van der Waals surface area contributed by atoms with Crippen molar-refractivity contribution in [1.29, 1.82) is 0 Å². The van der Waals surface area contributed by atoms with Crippen molar-refractivity contribution in [1.82, 2.24) is 15.3 Å². The average Bonchev–Trinajstić information content (AvgIpc) is 2.86. The van der Waals surface area contributed by atoms with Gasteiger partial charge < -0.3 is 65.9 Å². The second-order valence-corrected chi connectivity index (χ2v) is 9.14. The molecule has 1 fully saturated rings. The number of H-pyrrole nitrogens is 1. The molecule has 17 heteroatoms. The van der Waals surface area contributed by atoms with E-state index in [4.69, 9.17) is 4.74 Å². The molecular formula is C21H22BrFN4O11. The molecule has 3 aromatic rings. The lowest BCUT2D eigenvalue weighted by molar-refractivity contribution is -0.420. The zero-order valence-corrected chi connectivity index (χ0v) is 20.7. The van der Waals surface area contributed by atoms with Gasteiger partial charge in [-0.25, -0.2) is 9.18 Å². The standard InChI is InChI=1S/C21H22BrFN4O11/c22-8-13(29)9(23)11(15(31)14(8)30)25-19-7-10(26-20(33)27-19)16(32)17(18(12(7)28)38-21(34,35)36)37-5-6-1-3-24-4-2-6/h6,24,28-32,34-36H,1-5H2,(H2,25,26,27,33). The van der Waals surface area contributed by atoms with Gasteiger partial charge in [-0.2, -0.15) is 4.98 Å². The van der Waals surface area contributed by atoms with Crippen LogP contribution in [0.5, 0.6) is 40.2 Å². The number of aliphatic hydroxyl groups is 3. The molecule has 0 amide bonds. The van der Waals surface area contributed by atoms with Crippen LogP contribution in [-0.2, 0) is 0 Å². The number of nitrogens with one attached hydrogen (secondary N) is 3. The summed E-state index contributed by atoms with van der Waals surface area (Å²) in [6.45, 7) is 1.35. The van der Waals surface area contributed by atoms with Gasteiger partial charge in [0.05, 0.1) is 12.0 Å². The maximum atomic E-state index is 14.7. The molecule has 15 nitrogen and oxygen atoms in total. The van der Waals surface area contributed by atoms with Gasteiger partial charge in [0.25, 0.3) is 0 Å². The number of hydrogen-bond acceptors (Lipinski definition) is 14. The molecule has 2 heterocycles. The van der Waals surface area contributed by atoms with Crippen molar-refractivity contribution in [2.45, 2.75) is 19.0 Å². The van der Waals surface area contributed by atoms with Crippen molar-refractivity contribution in [2.24, 2.45) is 5.92 Å². The third kappa shape index (κ3) is 5.14. The molecule has 0 saturated carbocycles. The van der Waals surface area contributed by atoms with Gasteiger partial charge in [-0.3, -0.25) is 0 Å². The fourth-order valence-corrected chi connectivity index (χ4v) is 4.28. The summed E-state index contributed by atoms with van der Waals surface area (Å²) < 4.78 is 24.3. The summed E-state index contributed by atoms with van der Waals surface area (Å²) in [6.07, 6.45) is -2.49. The fourth-order valence-electron chi connectivity index (χ4n) is 3.91. The summed E-state index contributed by atoms with van der Waals surface area (Å²) >= 11 is 2.69. The van der Waals surface area contributed by atoms with Crippen LogP contribution < -0.4 is 25.8 Å². The Hall–Kier alpha value is -3.77. The van der Waals surface area contributed by atoms with Gasteiger partial charge in [0.1, 0.15) is 21.5 Å².